The molecule has 0 N–H and O–H groups in total. The number of hydrogen-bond donors (Lipinski definition) is 0. The van der Waals surface area contributed by atoms with Crippen molar-refractivity contribution in [3.63, 3.8) is 0 Å². The Morgan fingerprint density at radius 3 is 2.14 bits per heavy atom. The fourth-order valence-corrected chi connectivity index (χ4v) is 1.36. The molecule has 0 fully saturated rings. The first kappa shape index (κ1) is 13.9. The third kappa shape index (κ3) is 6.39. The molecule has 0 saturated carbocycles. The largest absolute Gasteiger partial charge is 0.237 e. The van der Waals surface area contributed by atoms with Crippen molar-refractivity contribution >= 4 is 0 Å². The average molecular weight is 202 g/mol. The smallest absolute Gasteiger partial charge is 0.0978 e. The van der Waals surface area contributed by atoms with Crippen molar-refractivity contribution in [2.75, 3.05) is 6.61 Å². The second-order valence-electron chi connectivity index (χ2n) is 4.85. The van der Waals surface area contributed by atoms with E-state index in [9.17, 15) is 0 Å². The van der Waals surface area contributed by atoms with E-state index in [0.717, 1.165) is 6.42 Å². The summed E-state index contributed by atoms with van der Waals surface area (Å²) in [6.07, 6.45) is 5.07. The quantitative estimate of drug-likeness (QED) is 0.353. The summed E-state index contributed by atoms with van der Waals surface area (Å²) in [4.78, 5) is 10.5. The van der Waals surface area contributed by atoms with Crippen molar-refractivity contribution in [1.29, 1.82) is 0 Å². The summed E-state index contributed by atoms with van der Waals surface area (Å²) >= 11 is 0. The highest BCUT2D eigenvalue weighted by molar-refractivity contribution is 4.73. The first-order valence-electron chi connectivity index (χ1n) is 5.80. The summed E-state index contributed by atoms with van der Waals surface area (Å²) in [6.45, 7) is 11.4. The fourth-order valence-electron chi connectivity index (χ4n) is 1.36. The summed E-state index contributed by atoms with van der Waals surface area (Å²) in [5, 5.41) is 0. The van der Waals surface area contributed by atoms with Crippen LogP contribution in [0.15, 0.2) is 0 Å². The van der Waals surface area contributed by atoms with Crippen LogP contribution >= 0.6 is 0 Å². The van der Waals surface area contributed by atoms with Crippen molar-refractivity contribution in [3.8, 4) is 0 Å². The van der Waals surface area contributed by atoms with E-state index in [1.807, 2.05) is 6.92 Å². The van der Waals surface area contributed by atoms with Gasteiger partial charge in [-0.15, -0.1) is 0 Å². The molecule has 0 heterocycles. The predicted molar refractivity (Wildman–Crippen MR) is 60.1 cm³/mol. The normalized spacial score (nSPS) is 14.4. The van der Waals surface area contributed by atoms with Crippen LogP contribution in [0, 0.1) is 5.41 Å². The number of hydrogen-bond acceptors (Lipinski definition) is 2. The van der Waals surface area contributed by atoms with Gasteiger partial charge in [-0.25, -0.2) is 9.78 Å². The zero-order valence-corrected chi connectivity index (χ0v) is 10.4. The second kappa shape index (κ2) is 7.24. The summed E-state index contributed by atoms with van der Waals surface area (Å²) in [7, 11) is 0. The van der Waals surface area contributed by atoms with Gasteiger partial charge in [0, 0.05) is 0 Å². The first-order valence-corrected chi connectivity index (χ1v) is 5.80. The van der Waals surface area contributed by atoms with E-state index in [2.05, 4.69) is 27.7 Å². The highest BCUT2D eigenvalue weighted by Crippen LogP contribution is 2.26. The van der Waals surface area contributed by atoms with E-state index in [1.165, 1.54) is 19.3 Å². The first-order chi connectivity index (χ1) is 6.52. The lowest BCUT2D eigenvalue weighted by molar-refractivity contribution is -0.339. The Balaban J connectivity index is 3.85. The van der Waals surface area contributed by atoms with Crippen LogP contribution in [0.2, 0.25) is 0 Å². The van der Waals surface area contributed by atoms with Gasteiger partial charge in [0.2, 0.25) is 0 Å². The van der Waals surface area contributed by atoms with Crippen LogP contribution in [0.1, 0.15) is 60.3 Å². The molecule has 0 aromatic rings. The zero-order valence-electron chi connectivity index (χ0n) is 10.4. The van der Waals surface area contributed by atoms with Gasteiger partial charge in [-0.1, -0.05) is 47.0 Å². The Labute approximate surface area is 88.9 Å². The lowest BCUT2D eigenvalue weighted by atomic mass is 9.86. The molecule has 1 unspecified atom stereocenters. The molecule has 0 aliphatic rings. The summed E-state index contributed by atoms with van der Waals surface area (Å²) in [6, 6.07) is 0. The molecule has 0 bridgehead atoms. The molecule has 0 spiro atoms. The standard InChI is InChI=1S/C12H26O2/c1-6-8-9-10-11(12(3,4)5)14-13-7-2/h11H,6-10H2,1-5H3. The second-order valence-corrected chi connectivity index (χ2v) is 4.85. The van der Waals surface area contributed by atoms with Crippen LogP contribution in [0.25, 0.3) is 0 Å². The van der Waals surface area contributed by atoms with Crippen LogP contribution in [-0.4, -0.2) is 12.7 Å². The summed E-state index contributed by atoms with van der Waals surface area (Å²) in [5.74, 6) is 0. The van der Waals surface area contributed by atoms with Gasteiger partial charge in [-0.05, 0) is 18.8 Å². The highest BCUT2D eigenvalue weighted by atomic mass is 17.2. The zero-order chi connectivity index (χ0) is 11.0. The number of unbranched alkanes of at least 4 members (excludes halogenated alkanes) is 2. The Morgan fingerprint density at radius 1 is 1.07 bits per heavy atom. The molecule has 0 radical (unpaired) electrons. The molecule has 1 atom stereocenters. The topological polar surface area (TPSA) is 18.5 Å². The lowest BCUT2D eigenvalue weighted by Gasteiger charge is -2.29. The van der Waals surface area contributed by atoms with Gasteiger partial charge in [0.15, 0.2) is 0 Å². The van der Waals surface area contributed by atoms with Crippen LogP contribution in [0.4, 0.5) is 0 Å². The minimum Gasteiger partial charge on any atom is -0.237 e. The minimum absolute atomic E-state index is 0.170. The molecule has 86 valence electrons. The van der Waals surface area contributed by atoms with Crippen molar-refractivity contribution in [2.45, 2.75) is 66.4 Å². The van der Waals surface area contributed by atoms with Gasteiger partial charge < -0.3 is 0 Å². The molecular weight excluding hydrogens is 176 g/mol. The number of rotatable bonds is 7. The molecule has 0 amide bonds. The predicted octanol–water partition coefficient (Wildman–Crippen LogP) is 3.95. The molecule has 2 nitrogen and oxygen atoms in total. The van der Waals surface area contributed by atoms with E-state index in [1.54, 1.807) is 0 Å². The fraction of sp³-hybridized carbons (Fsp3) is 1.00. The Hall–Kier alpha value is -0.0800. The molecule has 0 aliphatic carbocycles. The molecule has 0 rings (SSSR count). The molecular formula is C12H26O2. The van der Waals surface area contributed by atoms with Crippen molar-refractivity contribution in [3.05, 3.63) is 0 Å². The highest BCUT2D eigenvalue weighted by Gasteiger charge is 2.25. The summed E-state index contributed by atoms with van der Waals surface area (Å²) < 4.78 is 0. The molecule has 0 aromatic heterocycles. The van der Waals surface area contributed by atoms with Crippen molar-refractivity contribution < 1.29 is 9.78 Å². The van der Waals surface area contributed by atoms with E-state index >= 15 is 0 Å². The van der Waals surface area contributed by atoms with Crippen LogP contribution in [-0.2, 0) is 9.78 Å². The monoisotopic (exact) mass is 202 g/mol. The van der Waals surface area contributed by atoms with Gasteiger partial charge in [0.1, 0.15) is 0 Å². The van der Waals surface area contributed by atoms with E-state index in [-0.39, 0.29) is 11.5 Å². The van der Waals surface area contributed by atoms with Crippen LogP contribution < -0.4 is 0 Å². The van der Waals surface area contributed by atoms with E-state index in [0.29, 0.717) is 6.61 Å². The molecule has 14 heavy (non-hydrogen) atoms. The maximum absolute atomic E-state index is 5.40. The van der Waals surface area contributed by atoms with Crippen molar-refractivity contribution in [1.82, 2.24) is 0 Å². The third-order valence-electron chi connectivity index (χ3n) is 2.34. The Bertz CT molecular complexity index is 127. The average Bonchev–Trinajstić information content (AvgIpc) is 2.09. The van der Waals surface area contributed by atoms with Gasteiger partial charge in [0.25, 0.3) is 0 Å². The van der Waals surface area contributed by atoms with E-state index < -0.39 is 0 Å². The Kier molecular flexibility index (Phi) is 7.20. The van der Waals surface area contributed by atoms with Crippen LogP contribution in [0.5, 0.6) is 0 Å². The SMILES string of the molecule is CCCCCC(OOCC)C(C)(C)C. The van der Waals surface area contributed by atoms with Crippen LogP contribution in [0.3, 0.4) is 0 Å². The molecule has 0 aliphatic heterocycles. The maximum Gasteiger partial charge on any atom is 0.0978 e. The van der Waals surface area contributed by atoms with Gasteiger partial charge in [-0.2, -0.15) is 0 Å². The third-order valence-corrected chi connectivity index (χ3v) is 2.34. The Morgan fingerprint density at radius 2 is 1.71 bits per heavy atom. The van der Waals surface area contributed by atoms with Gasteiger partial charge in [-0.3, -0.25) is 0 Å². The summed E-state index contributed by atoms with van der Waals surface area (Å²) in [5.41, 5.74) is 0.170. The molecule has 2 heteroatoms. The minimum atomic E-state index is 0.170. The lowest BCUT2D eigenvalue weighted by Crippen LogP contribution is -2.29. The van der Waals surface area contributed by atoms with Gasteiger partial charge >= 0.3 is 0 Å². The molecule has 0 saturated heterocycles. The van der Waals surface area contributed by atoms with Crippen molar-refractivity contribution in [2.24, 2.45) is 5.41 Å². The van der Waals surface area contributed by atoms with E-state index in [4.69, 9.17) is 9.78 Å². The maximum atomic E-state index is 5.40. The van der Waals surface area contributed by atoms with Gasteiger partial charge in [0.05, 0.1) is 12.7 Å². The molecule has 0 aromatic carbocycles.